The number of benzene rings is 1. The SMILES string of the molecule is CN(CC(=O)O)C(=O)C1(c2ccccc2)CC1. The minimum Gasteiger partial charge on any atom is -0.480 e. The molecule has 90 valence electrons. The number of carboxylic acid groups (broad SMARTS) is 1. The number of hydrogen-bond donors (Lipinski definition) is 1. The quantitative estimate of drug-likeness (QED) is 0.851. The molecule has 0 spiro atoms. The van der Waals surface area contributed by atoms with E-state index in [0.29, 0.717) is 0 Å². The van der Waals surface area contributed by atoms with Crippen LogP contribution in [0.15, 0.2) is 30.3 Å². The predicted molar refractivity (Wildman–Crippen MR) is 62.6 cm³/mol. The summed E-state index contributed by atoms with van der Waals surface area (Å²) in [6.07, 6.45) is 1.61. The van der Waals surface area contributed by atoms with E-state index >= 15 is 0 Å². The first kappa shape index (κ1) is 11.6. The van der Waals surface area contributed by atoms with Crippen molar-refractivity contribution in [2.24, 2.45) is 0 Å². The van der Waals surface area contributed by atoms with Crippen LogP contribution in [0.3, 0.4) is 0 Å². The molecule has 0 heterocycles. The molecule has 1 N–H and O–H groups in total. The standard InChI is InChI=1S/C13H15NO3/c1-14(9-11(15)16)12(17)13(7-8-13)10-5-3-2-4-6-10/h2-6H,7-9H2,1H3,(H,15,16). The number of nitrogens with zero attached hydrogens (tertiary/aromatic N) is 1. The maximum Gasteiger partial charge on any atom is 0.323 e. The van der Waals surface area contributed by atoms with Gasteiger partial charge in [0.15, 0.2) is 0 Å². The second-order valence-corrected chi connectivity index (χ2v) is 4.50. The summed E-state index contributed by atoms with van der Waals surface area (Å²) < 4.78 is 0. The van der Waals surface area contributed by atoms with Crippen LogP contribution in [0, 0.1) is 0 Å². The average Bonchev–Trinajstić information content (AvgIpc) is 3.09. The number of hydrogen-bond acceptors (Lipinski definition) is 2. The van der Waals surface area contributed by atoms with Gasteiger partial charge >= 0.3 is 5.97 Å². The van der Waals surface area contributed by atoms with Crippen molar-refractivity contribution in [3.05, 3.63) is 35.9 Å². The van der Waals surface area contributed by atoms with Gasteiger partial charge in [0, 0.05) is 7.05 Å². The van der Waals surface area contributed by atoms with Crippen LogP contribution in [0.5, 0.6) is 0 Å². The minimum atomic E-state index is -0.982. The third kappa shape index (κ3) is 2.16. The Bertz CT molecular complexity index is 437. The molecule has 1 fully saturated rings. The molecule has 4 heteroatoms. The summed E-state index contributed by atoms with van der Waals surface area (Å²) in [5.41, 5.74) is 0.521. The normalized spacial score (nSPS) is 16.3. The van der Waals surface area contributed by atoms with E-state index in [4.69, 9.17) is 5.11 Å². The second kappa shape index (κ2) is 4.20. The first-order valence-electron chi connectivity index (χ1n) is 5.59. The number of carbonyl (C=O) groups is 2. The smallest absolute Gasteiger partial charge is 0.323 e. The summed E-state index contributed by atoms with van der Waals surface area (Å²) in [4.78, 5) is 24.1. The molecule has 0 bridgehead atoms. The summed E-state index contributed by atoms with van der Waals surface area (Å²) in [5.74, 6) is -1.07. The lowest BCUT2D eigenvalue weighted by atomic mass is 9.94. The molecule has 0 aliphatic heterocycles. The molecule has 17 heavy (non-hydrogen) atoms. The highest BCUT2D eigenvalue weighted by atomic mass is 16.4. The van der Waals surface area contributed by atoms with Crippen LogP contribution in [0.25, 0.3) is 0 Å². The van der Waals surface area contributed by atoms with Gasteiger partial charge in [0.25, 0.3) is 0 Å². The summed E-state index contributed by atoms with van der Waals surface area (Å²) in [6, 6.07) is 9.57. The number of carboxylic acids is 1. The molecular weight excluding hydrogens is 218 g/mol. The van der Waals surface area contributed by atoms with E-state index in [1.54, 1.807) is 7.05 Å². The molecule has 0 radical (unpaired) electrons. The number of amides is 1. The van der Waals surface area contributed by atoms with Gasteiger partial charge in [0.2, 0.25) is 5.91 Å². The van der Waals surface area contributed by atoms with Gasteiger partial charge in [-0.2, -0.15) is 0 Å². The summed E-state index contributed by atoms with van der Waals surface area (Å²) in [5, 5.41) is 8.70. The molecule has 0 atom stereocenters. The second-order valence-electron chi connectivity index (χ2n) is 4.50. The zero-order valence-corrected chi connectivity index (χ0v) is 9.72. The lowest BCUT2D eigenvalue weighted by Crippen LogP contribution is -2.39. The van der Waals surface area contributed by atoms with Crippen molar-refractivity contribution in [3.8, 4) is 0 Å². The summed E-state index contributed by atoms with van der Waals surface area (Å²) >= 11 is 0. The Morgan fingerprint density at radius 1 is 1.29 bits per heavy atom. The van der Waals surface area contributed by atoms with Crippen LogP contribution < -0.4 is 0 Å². The molecule has 0 aromatic heterocycles. The number of carbonyl (C=O) groups excluding carboxylic acids is 1. The maximum atomic E-state index is 12.2. The first-order chi connectivity index (χ1) is 8.06. The van der Waals surface area contributed by atoms with Crippen LogP contribution >= 0.6 is 0 Å². The van der Waals surface area contributed by atoms with Crippen LogP contribution in [-0.4, -0.2) is 35.5 Å². The molecule has 1 aliphatic rings. The van der Waals surface area contributed by atoms with Crippen molar-refractivity contribution in [2.75, 3.05) is 13.6 Å². The summed E-state index contributed by atoms with van der Waals surface area (Å²) in [7, 11) is 1.54. The number of rotatable bonds is 4. The van der Waals surface area contributed by atoms with Crippen LogP contribution in [0.1, 0.15) is 18.4 Å². The van der Waals surface area contributed by atoms with Gasteiger partial charge in [0.1, 0.15) is 6.54 Å². The molecule has 1 amide bonds. The molecule has 0 saturated heterocycles. The third-order valence-electron chi connectivity index (χ3n) is 3.20. The molecule has 1 saturated carbocycles. The fraction of sp³-hybridized carbons (Fsp3) is 0.385. The third-order valence-corrected chi connectivity index (χ3v) is 3.20. The zero-order valence-electron chi connectivity index (χ0n) is 9.72. The largest absolute Gasteiger partial charge is 0.480 e. The van der Waals surface area contributed by atoms with Gasteiger partial charge in [-0.3, -0.25) is 9.59 Å². The van der Waals surface area contributed by atoms with Gasteiger partial charge < -0.3 is 10.0 Å². The van der Waals surface area contributed by atoms with Crippen LogP contribution in [0.4, 0.5) is 0 Å². The monoisotopic (exact) mass is 233 g/mol. The van der Waals surface area contributed by atoms with E-state index in [-0.39, 0.29) is 12.5 Å². The highest BCUT2D eigenvalue weighted by molar-refractivity contribution is 5.92. The highest BCUT2D eigenvalue weighted by Crippen LogP contribution is 2.49. The molecule has 1 aliphatic carbocycles. The zero-order chi connectivity index (χ0) is 12.5. The van der Waals surface area contributed by atoms with E-state index in [2.05, 4.69) is 0 Å². The molecule has 2 rings (SSSR count). The fourth-order valence-electron chi connectivity index (χ4n) is 2.15. The average molecular weight is 233 g/mol. The van der Waals surface area contributed by atoms with Gasteiger partial charge in [0.05, 0.1) is 5.41 Å². The van der Waals surface area contributed by atoms with Crippen molar-refractivity contribution in [1.82, 2.24) is 4.90 Å². The van der Waals surface area contributed by atoms with Gasteiger partial charge in [-0.05, 0) is 18.4 Å². The lowest BCUT2D eigenvalue weighted by Gasteiger charge is -2.22. The Morgan fingerprint density at radius 2 is 1.88 bits per heavy atom. The molecule has 1 aromatic carbocycles. The van der Waals surface area contributed by atoms with Crippen LogP contribution in [-0.2, 0) is 15.0 Å². The highest BCUT2D eigenvalue weighted by Gasteiger charge is 2.52. The van der Waals surface area contributed by atoms with Gasteiger partial charge in [-0.1, -0.05) is 30.3 Å². The maximum absolute atomic E-state index is 12.2. The topological polar surface area (TPSA) is 57.6 Å². The molecular formula is C13H15NO3. The molecule has 0 unspecified atom stereocenters. The van der Waals surface area contributed by atoms with Crippen molar-refractivity contribution in [2.45, 2.75) is 18.3 Å². The molecule has 4 nitrogen and oxygen atoms in total. The minimum absolute atomic E-state index is 0.0916. The lowest BCUT2D eigenvalue weighted by molar-refractivity contribution is -0.144. The Hall–Kier alpha value is -1.84. The van der Waals surface area contributed by atoms with Crippen molar-refractivity contribution < 1.29 is 14.7 Å². The Balaban J connectivity index is 2.17. The van der Waals surface area contributed by atoms with E-state index in [9.17, 15) is 9.59 Å². The number of aliphatic carboxylic acids is 1. The van der Waals surface area contributed by atoms with Crippen molar-refractivity contribution in [3.63, 3.8) is 0 Å². The Morgan fingerprint density at radius 3 is 2.35 bits per heavy atom. The summed E-state index contributed by atoms with van der Waals surface area (Å²) in [6.45, 7) is -0.243. The van der Waals surface area contributed by atoms with E-state index in [0.717, 1.165) is 18.4 Å². The van der Waals surface area contributed by atoms with E-state index in [1.807, 2.05) is 30.3 Å². The number of likely N-dealkylation sites (N-methyl/N-ethyl adjacent to an activating group) is 1. The van der Waals surface area contributed by atoms with E-state index < -0.39 is 11.4 Å². The van der Waals surface area contributed by atoms with Gasteiger partial charge in [-0.25, -0.2) is 0 Å². The van der Waals surface area contributed by atoms with Crippen molar-refractivity contribution in [1.29, 1.82) is 0 Å². The Labute approximate surface area is 99.9 Å². The first-order valence-corrected chi connectivity index (χ1v) is 5.59. The molecule has 1 aromatic rings. The van der Waals surface area contributed by atoms with Gasteiger partial charge in [-0.15, -0.1) is 0 Å². The Kier molecular flexibility index (Phi) is 2.88. The fourth-order valence-corrected chi connectivity index (χ4v) is 2.15. The predicted octanol–water partition coefficient (Wildman–Crippen LogP) is 1.26. The van der Waals surface area contributed by atoms with Crippen molar-refractivity contribution >= 4 is 11.9 Å². The van der Waals surface area contributed by atoms with E-state index in [1.165, 1.54) is 4.90 Å². The van der Waals surface area contributed by atoms with Crippen LogP contribution in [0.2, 0.25) is 0 Å².